The minimum atomic E-state index is -0.155. The number of carbonyl (C=O) groups excluding carboxylic acids is 1. The smallest absolute Gasteiger partial charge is 0.299 e. The molecule has 0 amide bonds. The number of aryl methyl sites for hydroxylation is 1. The third kappa shape index (κ3) is 3.15. The topological polar surface area (TPSA) is 44.0 Å². The molecule has 2 rings (SSSR count). The third-order valence-electron chi connectivity index (χ3n) is 2.84. The van der Waals surface area contributed by atoms with Crippen LogP contribution in [0.25, 0.3) is 0 Å². The quantitative estimate of drug-likeness (QED) is 0.789. The molecule has 0 aliphatic carbocycles. The molecule has 0 unspecified atom stereocenters. The van der Waals surface area contributed by atoms with Gasteiger partial charge in [-0.3, -0.25) is 13.9 Å². The molecule has 0 bridgehead atoms. The maximum atomic E-state index is 12.1. The van der Waals surface area contributed by atoms with Gasteiger partial charge in [0.15, 0.2) is 5.78 Å². The average molecular weight is 279 g/mol. The summed E-state index contributed by atoms with van der Waals surface area (Å²) in [6.07, 6.45) is 4.23. The molecule has 1 aromatic heterocycles. The van der Waals surface area contributed by atoms with Crippen molar-refractivity contribution in [2.24, 2.45) is 0 Å². The summed E-state index contributed by atoms with van der Waals surface area (Å²) in [4.78, 5) is 24.0. The van der Waals surface area contributed by atoms with Crippen molar-refractivity contribution < 1.29 is 4.79 Å². The van der Waals surface area contributed by atoms with Crippen molar-refractivity contribution in [1.29, 1.82) is 0 Å². The zero-order valence-corrected chi connectivity index (χ0v) is 11.4. The van der Waals surface area contributed by atoms with Gasteiger partial charge in [0.25, 0.3) is 0 Å². The number of hydrogen-bond donors (Lipinski definition) is 0. The van der Waals surface area contributed by atoms with Crippen LogP contribution in [0.5, 0.6) is 0 Å². The summed E-state index contributed by atoms with van der Waals surface area (Å²) in [7, 11) is 0. The van der Waals surface area contributed by atoms with E-state index < -0.39 is 0 Å². The first-order valence-corrected chi connectivity index (χ1v) is 6.54. The standard InChI is InChI=1S/C14H15ClN2O2/c1-2-6-16-7-8-17(14(16)19)10-13(18)11-4-3-5-12(15)9-11/h3-5,7-9H,2,6,10H2,1H3. The normalized spacial score (nSPS) is 10.6. The summed E-state index contributed by atoms with van der Waals surface area (Å²) >= 11 is 5.84. The van der Waals surface area contributed by atoms with Gasteiger partial charge >= 0.3 is 5.69 Å². The van der Waals surface area contributed by atoms with Crippen LogP contribution in [0, 0.1) is 0 Å². The van der Waals surface area contributed by atoms with Gasteiger partial charge in [-0.05, 0) is 18.6 Å². The molecule has 1 heterocycles. The Labute approximate surface area is 116 Å². The van der Waals surface area contributed by atoms with Gasteiger partial charge in [0.1, 0.15) is 0 Å². The largest absolute Gasteiger partial charge is 0.328 e. The Balaban J connectivity index is 2.17. The monoisotopic (exact) mass is 278 g/mol. The lowest BCUT2D eigenvalue weighted by Crippen LogP contribution is -2.26. The zero-order valence-electron chi connectivity index (χ0n) is 10.7. The first-order chi connectivity index (χ1) is 9.11. The lowest BCUT2D eigenvalue weighted by molar-refractivity contribution is 0.0970. The highest BCUT2D eigenvalue weighted by Crippen LogP contribution is 2.11. The molecule has 0 saturated heterocycles. The van der Waals surface area contributed by atoms with Gasteiger partial charge in [0, 0.05) is 29.5 Å². The van der Waals surface area contributed by atoms with Gasteiger partial charge < -0.3 is 0 Å². The molecule has 0 saturated carbocycles. The van der Waals surface area contributed by atoms with Gasteiger partial charge in [-0.15, -0.1) is 0 Å². The number of carbonyl (C=O) groups is 1. The maximum absolute atomic E-state index is 12.1. The molecule has 1 aromatic carbocycles. The van der Waals surface area contributed by atoms with E-state index >= 15 is 0 Å². The second kappa shape index (κ2) is 5.89. The van der Waals surface area contributed by atoms with E-state index in [0.29, 0.717) is 17.1 Å². The van der Waals surface area contributed by atoms with E-state index in [1.165, 1.54) is 4.57 Å². The lowest BCUT2D eigenvalue weighted by Gasteiger charge is -2.02. The average Bonchev–Trinajstić information content (AvgIpc) is 2.72. The van der Waals surface area contributed by atoms with Crippen LogP contribution >= 0.6 is 11.6 Å². The fourth-order valence-electron chi connectivity index (χ4n) is 1.89. The van der Waals surface area contributed by atoms with E-state index in [1.54, 1.807) is 41.2 Å². The van der Waals surface area contributed by atoms with Crippen molar-refractivity contribution in [3.05, 3.63) is 57.7 Å². The van der Waals surface area contributed by atoms with Crippen LogP contribution < -0.4 is 5.69 Å². The van der Waals surface area contributed by atoms with Crippen molar-refractivity contribution >= 4 is 17.4 Å². The highest BCUT2D eigenvalue weighted by Gasteiger charge is 2.10. The van der Waals surface area contributed by atoms with Crippen molar-refractivity contribution in [3.8, 4) is 0 Å². The number of hydrogen-bond acceptors (Lipinski definition) is 2. The third-order valence-corrected chi connectivity index (χ3v) is 3.08. The van der Waals surface area contributed by atoms with Crippen molar-refractivity contribution in [1.82, 2.24) is 9.13 Å². The number of nitrogens with zero attached hydrogens (tertiary/aromatic N) is 2. The minimum absolute atomic E-state index is 0.0376. The Kier molecular flexibility index (Phi) is 4.22. The van der Waals surface area contributed by atoms with Crippen LogP contribution in [-0.2, 0) is 13.1 Å². The van der Waals surface area contributed by atoms with Gasteiger partial charge in [-0.25, -0.2) is 4.79 Å². The molecule has 0 radical (unpaired) electrons. The Morgan fingerprint density at radius 3 is 2.68 bits per heavy atom. The fourth-order valence-corrected chi connectivity index (χ4v) is 2.08. The second-order valence-electron chi connectivity index (χ2n) is 4.34. The van der Waals surface area contributed by atoms with Crippen LogP contribution in [-0.4, -0.2) is 14.9 Å². The Morgan fingerprint density at radius 2 is 2.00 bits per heavy atom. The number of halogens is 1. The highest BCUT2D eigenvalue weighted by atomic mass is 35.5. The lowest BCUT2D eigenvalue weighted by atomic mass is 10.1. The molecule has 0 atom stereocenters. The first kappa shape index (κ1) is 13.6. The molecule has 5 heteroatoms. The number of aromatic nitrogens is 2. The molecule has 0 fully saturated rings. The predicted molar refractivity (Wildman–Crippen MR) is 74.8 cm³/mol. The van der Waals surface area contributed by atoms with Gasteiger partial charge in [-0.2, -0.15) is 0 Å². The summed E-state index contributed by atoms with van der Waals surface area (Å²) in [5, 5.41) is 0.516. The minimum Gasteiger partial charge on any atom is -0.299 e. The first-order valence-electron chi connectivity index (χ1n) is 6.16. The van der Waals surface area contributed by atoms with Crippen LogP contribution in [0.4, 0.5) is 0 Å². The predicted octanol–water partition coefficient (Wildman–Crippen LogP) is 2.60. The Morgan fingerprint density at radius 1 is 1.26 bits per heavy atom. The van der Waals surface area contributed by atoms with Crippen LogP contribution in [0.15, 0.2) is 41.5 Å². The molecular weight excluding hydrogens is 264 g/mol. The molecular formula is C14H15ClN2O2. The van der Waals surface area contributed by atoms with E-state index in [4.69, 9.17) is 11.6 Å². The Hall–Kier alpha value is -1.81. The molecule has 0 aliphatic rings. The van der Waals surface area contributed by atoms with E-state index in [-0.39, 0.29) is 18.0 Å². The van der Waals surface area contributed by atoms with Crippen LogP contribution in [0.1, 0.15) is 23.7 Å². The summed E-state index contributed by atoms with van der Waals surface area (Å²) in [6.45, 7) is 2.70. The van der Waals surface area contributed by atoms with E-state index in [2.05, 4.69) is 0 Å². The molecule has 4 nitrogen and oxygen atoms in total. The molecule has 19 heavy (non-hydrogen) atoms. The molecule has 0 spiro atoms. The van der Waals surface area contributed by atoms with E-state index in [1.807, 2.05) is 6.92 Å². The molecule has 0 aliphatic heterocycles. The summed E-state index contributed by atoms with van der Waals surface area (Å²) < 4.78 is 3.02. The van der Waals surface area contributed by atoms with Gasteiger partial charge in [0.05, 0.1) is 6.54 Å². The molecule has 2 aromatic rings. The Bertz CT molecular complexity index is 643. The number of ketones is 1. The summed E-state index contributed by atoms with van der Waals surface area (Å²) in [5.74, 6) is -0.126. The van der Waals surface area contributed by atoms with Crippen LogP contribution in [0.2, 0.25) is 5.02 Å². The van der Waals surface area contributed by atoms with E-state index in [9.17, 15) is 9.59 Å². The van der Waals surface area contributed by atoms with Gasteiger partial charge in [0.2, 0.25) is 0 Å². The van der Waals surface area contributed by atoms with Crippen LogP contribution in [0.3, 0.4) is 0 Å². The summed E-state index contributed by atoms with van der Waals surface area (Å²) in [5.41, 5.74) is 0.361. The number of benzene rings is 1. The van der Waals surface area contributed by atoms with Crippen molar-refractivity contribution in [3.63, 3.8) is 0 Å². The van der Waals surface area contributed by atoms with Crippen molar-refractivity contribution in [2.45, 2.75) is 26.4 Å². The number of Topliss-reactive ketones (excluding diaryl/α,β-unsaturated/α-hetero) is 1. The highest BCUT2D eigenvalue weighted by molar-refractivity contribution is 6.31. The molecule has 100 valence electrons. The molecule has 0 N–H and O–H groups in total. The van der Waals surface area contributed by atoms with Crippen molar-refractivity contribution in [2.75, 3.05) is 0 Å². The fraction of sp³-hybridized carbons (Fsp3) is 0.286. The second-order valence-corrected chi connectivity index (χ2v) is 4.77. The number of rotatable bonds is 5. The summed E-state index contributed by atoms with van der Waals surface area (Å²) in [6, 6.07) is 6.74. The number of imidazole rings is 1. The SMILES string of the molecule is CCCn1ccn(CC(=O)c2cccc(Cl)c2)c1=O. The van der Waals surface area contributed by atoms with E-state index in [0.717, 1.165) is 6.42 Å². The maximum Gasteiger partial charge on any atom is 0.328 e. The van der Waals surface area contributed by atoms with Gasteiger partial charge in [-0.1, -0.05) is 30.7 Å². The zero-order chi connectivity index (χ0) is 13.8.